The first kappa shape index (κ1) is 32.6. The number of hydrogen-bond acceptors (Lipinski definition) is 4. The molecule has 4 aromatic rings. The summed E-state index contributed by atoms with van der Waals surface area (Å²) in [5.74, 6) is -1.16. The zero-order valence-electron chi connectivity index (χ0n) is 22.9. The first-order valence-corrected chi connectivity index (χ1v) is 16.0. The van der Waals surface area contributed by atoms with Crippen molar-refractivity contribution in [2.45, 2.75) is 23.9 Å². The van der Waals surface area contributed by atoms with Gasteiger partial charge in [-0.2, -0.15) is 0 Å². The molecular formula is C31H27Cl4N3O4S. The summed E-state index contributed by atoms with van der Waals surface area (Å²) < 4.78 is 28.9. The molecule has 0 heterocycles. The van der Waals surface area contributed by atoms with Crippen LogP contribution in [0.2, 0.25) is 20.1 Å². The van der Waals surface area contributed by atoms with Gasteiger partial charge in [0.15, 0.2) is 0 Å². The van der Waals surface area contributed by atoms with Crippen molar-refractivity contribution in [3.8, 4) is 0 Å². The van der Waals surface area contributed by atoms with Crippen molar-refractivity contribution in [1.82, 2.24) is 10.2 Å². The maximum Gasteiger partial charge on any atom is 0.264 e. The minimum absolute atomic E-state index is 0.00153. The van der Waals surface area contributed by atoms with E-state index in [1.54, 1.807) is 36.4 Å². The van der Waals surface area contributed by atoms with Gasteiger partial charge in [-0.1, -0.05) is 107 Å². The van der Waals surface area contributed by atoms with Crippen LogP contribution < -0.4 is 9.62 Å². The second-order valence-electron chi connectivity index (χ2n) is 9.44. The minimum atomic E-state index is -4.33. The fraction of sp³-hybridized carbons (Fsp3) is 0.161. The molecule has 0 aromatic heterocycles. The molecule has 224 valence electrons. The molecule has 0 aliphatic rings. The number of benzene rings is 4. The Morgan fingerprint density at radius 1 is 0.767 bits per heavy atom. The van der Waals surface area contributed by atoms with Gasteiger partial charge in [-0.05, 0) is 42.0 Å². The van der Waals surface area contributed by atoms with Crippen molar-refractivity contribution in [3.63, 3.8) is 0 Å². The lowest BCUT2D eigenvalue weighted by molar-refractivity contribution is -0.139. The van der Waals surface area contributed by atoms with Crippen molar-refractivity contribution >= 4 is 73.9 Å². The SMILES string of the molecule is CNC(=O)C(Cc1ccccc1)N(Cc1c(Cl)cccc1Cl)C(=O)CN(c1cccc(Cl)c1Cl)S(=O)(=O)c1ccccc1. The van der Waals surface area contributed by atoms with Gasteiger partial charge in [-0.15, -0.1) is 0 Å². The van der Waals surface area contributed by atoms with Crippen LogP contribution in [0.5, 0.6) is 0 Å². The van der Waals surface area contributed by atoms with E-state index in [1.807, 2.05) is 30.3 Å². The Balaban J connectivity index is 1.85. The molecule has 2 amide bonds. The van der Waals surface area contributed by atoms with E-state index < -0.39 is 34.4 Å². The molecule has 0 aliphatic carbocycles. The normalized spacial score (nSPS) is 11.9. The van der Waals surface area contributed by atoms with E-state index in [1.165, 1.54) is 42.3 Å². The lowest BCUT2D eigenvalue weighted by atomic mass is 10.0. The molecule has 0 aliphatic heterocycles. The van der Waals surface area contributed by atoms with Gasteiger partial charge in [-0.25, -0.2) is 8.42 Å². The summed E-state index contributed by atoms with van der Waals surface area (Å²) >= 11 is 25.7. The highest BCUT2D eigenvalue weighted by atomic mass is 35.5. The molecule has 0 spiro atoms. The van der Waals surface area contributed by atoms with Crippen molar-refractivity contribution in [2.75, 3.05) is 17.9 Å². The number of carbonyl (C=O) groups is 2. The van der Waals surface area contributed by atoms with Gasteiger partial charge < -0.3 is 10.2 Å². The topological polar surface area (TPSA) is 86.8 Å². The molecule has 0 saturated carbocycles. The molecule has 0 bridgehead atoms. The van der Waals surface area contributed by atoms with Gasteiger partial charge in [0.25, 0.3) is 10.0 Å². The lowest BCUT2D eigenvalue weighted by Gasteiger charge is -2.34. The smallest absolute Gasteiger partial charge is 0.264 e. The van der Waals surface area contributed by atoms with Crippen LogP contribution >= 0.6 is 46.4 Å². The molecule has 12 heteroatoms. The number of sulfonamides is 1. The highest BCUT2D eigenvalue weighted by molar-refractivity contribution is 7.92. The van der Waals surface area contributed by atoms with Gasteiger partial charge in [0.2, 0.25) is 11.8 Å². The van der Waals surface area contributed by atoms with E-state index in [2.05, 4.69) is 5.32 Å². The van der Waals surface area contributed by atoms with E-state index in [4.69, 9.17) is 46.4 Å². The van der Waals surface area contributed by atoms with Crippen molar-refractivity contribution in [1.29, 1.82) is 0 Å². The molecule has 1 unspecified atom stereocenters. The monoisotopic (exact) mass is 677 g/mol. The number of likely N-dealkylation sites (N-methyl/N-ethyl adjacent to an activating group) is 1. The predicted molar refractivity (Wildman–Crippen MR) is 172 cm³/mol. The maximum absolute atomic E-state index is 14.4. The number of hydrogen-bond donors (Lipinski definition) is 1. The van der Waals surface area contributed by atoms with Crippen LogP contribution in [0.3, 0.4) is 0 Å². The van der Waals surface area contributed by atoms with Crippen LogP contribution in [0.25, 0.3) is 0 Å². The third-order valence-corrected chi connectivity index (χ3v) is 10.0. The molecule has 0 fully saturated rings. The van der Waals surface area contributed by atoms with Gasteiger partial charge >= 0.3 is 0 Å². The Kier molecular flexibility index (Phi) is 11.0. The molecule has 0 radical (unpaired) electrons. The van der Waals surface area contributed by atoms with Gasteiger partial charge in [0.05, 0.1) is 20.6 Å². The Morgan fingerprint density at radius 2 is 1.33 bits per heavy atom. The van der Waals surface area contributed by atoms with Crippen LogP contribution in [-0.2, 0) is 32.6 Å². The molecule has 43 heavy (non-hydrogen) atoms. The van der Waals surface area contributed by atoms with Crippen molar-refractivity contribution in [3.05, 3.63) is 128 Å². The number of nitrogens with zero attached hydrogens (tertiary/aromatic N) is 2. The third kappa shape index (κ3) is 7.63. The van der Waals surface area contributed by atoms with E-state index in [0.29, 0.717) is 5.56 Å². The van der Waals surface area contributed by atoms with Crippen LogP contribution in [0.1, 0.15) is 11.1 Å². The molecule has 0 saturated heterocycles. The average Bonchev–Trinajstić information content (AvgIpc) is 3.01. The largest absolute Gasteiger partial charge is 0.357 e. The second-order valence-corrected chi connectivity index (χ2v) is 12.9. The number of amides is 2. The van der Waals surface area contributed by atoms with E-state index in [0.717, 1.165) is 9.87 Å². The molecule has 1 N–H and O–H groups in total. The van der Waals surface area contributed by atoms with E-state index in [-0.39, 0.29) is 43.6 Å². The van der Waals surface area contributed by atoms with Crippen molar-refractivity contribution < 1.29 is 18.0 Å². The molecular weight excluding hydrogens is 652 g/mol. The number of halogens is 4. The molecule has 4 aromatic carbocycles. The third-order valence-electron chi connectivity index (χ3n) is 6.72. The molecule has 4 rings (SSSR count). The molecule has 1 atom stereocenters. The molecule has 7 nitrogen and oxygen atoms in total. The van der Waals surface area contributed by atoms with Crippen LogP contribution in [0, 0.1) is 0 Å². The van der Waals surface area contributed by atoms with Gasteiger partial charge in [0.1, 0.15) is 12.6 Å². The Morgan fingerprint density at radius 3 is 1.93 bits per heavy atom. The zero-order valence-corrected chi connectivity index (χ0v) is 26.7. The Labute approximate surface area is 271 Å². The summed E-state index contributed by atoms with van der Waals surface area (Å²) in [6, 6.07) is 25.1. The van der Waals surface area contributed by atoms with Gasteiger partial charge in [0, 0.05) is 35.6 Å². The lowest BCUT2D eigenvalue weighted by Crippen LogP contribution is -2.53. The predicted octanol–water partition coefficient (Wildman–Crippen LogP) is 6.88. The minimum Gasteiger partial charge on any atom is -0.357 e. The van der Waals surface area contributed by atoms with Crippen LogP contribution in [-0.4, -0.2) is 44.8 Å². The van der Waals surface area contributed by atoms with E-state index in [9.17, 15) is 18.0 Å². The summed E-state index contributed by atoms with van der Waals surface area (Å²) in [5, 5.41) is 3.25. The maximum atomic E-state index is 14.4. The van der Waals surface area contributed by atoms with E-state index >= 15 is 0 Å². The second kappa shape index (κ2) is 14.5. The quantitative estimate of drug-likeness (QED) is 0.187. The highest BCUT2D eigenvalue weighted by Gasteiger charge is 2.35. The van der Waals surface area contributed by atoms with Crippen LogP contribution in [0.4, 0.5) is 5.69 Å². The standard InChI is InChI=1S/C31H27Cl4N3O4S/c1-36-31(40)28(18-21-10-4-2-5-11-21)37(19-23-24(32)14-8-15-25(23)33)29(39)20-38(27-17-9-16-26(34)30(27)35)43(41,42)22-12-6-3-7-13-22/h2-17,28H,18-20H2,1H3,(H,36,40). The summed E-state index contributed by atoms with van der Waals surface area (Å²) in [5.41, 5.74) is 1.19. The Hall–Kier alpha value is -3.27. The summed E-state index contributed by atoms with van der Waals surface area (Å²) in [6.07, 6.45) is 0.137. The first-order valence-electron chi connectivity index (χ1n) is 13.0. The average molecular weight is 679 g/mol. The zero-order chi connectivity index (χ0) is 31.1. The summed E-state index contributed by atoms with van der Waals surface area (Å²) in [7, 11) is -2.87. The number of anilines is 1. The Bertz CT molecular complexity index is 1690. The number of rotatable bonds is 11. The fourth-order valence-electron chi connectivity index (χ4n) is 4.49. The summed E-state index contributed by atoms with van der Waals surface area (Å²) in [4.78, 5) is 28.9. The summed E-state index contributed by atoms with van der Waals surface area (Å²) in [6.45, 7) is -0.883. The van der Waals surface area contributed by atoms with Gasteiger partial charge in [-0.3, -0.25) is 13.9 Å². The first-order chi connectivity index (χ1) is 20.5. The van der Waals surface area contributed by atoms with Crippen LogP contribution in [0.15, 0.2) is 102 Å². The number of carbonyl (C=O) groups excluding carboxylic acids is 2. The van der Waals surface area contributed by atoms with Crippen molar-refractivity contribution in [2.24, 2.45) is 0 Å². The highest BCUT2D eigenvalue weighted by Crippen LogP contribution is 2.36. The number of nitrogens with one attached hydrogen (secondary N) is 1. The fourth-order valence-corrected chi connectivity index (χ4v) is 6.90.